The van der Waals surface area contributed by atoms with Crippen LogP contribution in [0, 0.1) is 19.8 Å². The van der Waals surface area contributed by atoms with Gasteiger partial charge in [-0.3, -0.25) is 14.8 Å². The van der Waals surface area contributed by atoms with Crippen molar-refractivity contribution in [1.29, 1.82) is 0 Å². The lowest BCUT2D eigenvalue weighted by Crippen LogP contribution is -2.42. The summed E-state index contributed by atoms with van der Waals surface area (Å²) < 4.78 is 0. The molecular formula is C14H25N5O. The van der Waals surface area contributed by atoms with Gasteiger partial charge in [-0.05, 0) is 52.6 Å². The minimum Gasteiger partial charge on any atom is -0.328 e. The molecule has 0 bridgehead atoms. The van der Waals surface area contributed by atoms with Gasteiger partial charge in [-0.25, -0.2) is 0 Å². The summed E-state index contributed by atoms with van der Waals surface area (Å²) in [7, 11) is 0. The number of anilines is 1. The predicted molar refractivity (Wildman–Crippen MR) is 79.5 cm³/mol. The molecule has 2 heterocycles. The third-order valence-corrected chi connectivity index (χ3v) is 4.14. The van der Waals surface area contributed by atoms with Crippen molar-refractivity contribution in [3.8, 4) is 0 Å². The molecule has 20 heavy (non-hydrogen) atoms. The first-order valence-corrected chi connectivity index (χ1v) is 7.26. The second-order valence-electron chi connectivity index (χ2n) is 5.83. The third kappa shape index (κ3) is 3.58. The maximum atomic E-state index is 12.1. The molecule has 0 saturated carbocycles. The van der Waals surface area contributed by atoms with Crippen molar-refractivity contribution >= 4 is 11.6 Å². The Morgan fingerprint density at radius 3 is 2.65 bits per heavy atom. The minimum absolute atomic E-state index is 0.0249. The van der Waals surface area contributed by atoms with E-state index in [1.165, 1.54) is 0 Å². The number of nitrogens with one attached hydrogen (secondary N) is 2. The van der Waals surface area contributed by atoms with E-state index < -0.39 is 0 Å². The average molecular weight is 279 g/mol. The van der Waals surface area contributed by atoms with Crippen molar-refractivity contribution in [1.82, 2.24) is 15.1 Å². The number of aromatic amines is 1. The van der Waals surface area contributed by atoms with Gasteiger partial charge in [-0.2, -0.15) is 5.10 Å². The monoisotopic (exact) mass is 279 g/mol. The molecule has 1 amide bonds. The van der Waals surface area contributed by atoms with Gasteiger partial charge >= 0.3 is 0 Å². The molecular weight excluding hydrogens is 254 g/mol. The Kier molecular flexibility index (Phi) is 4.77. The number of aryl methyl sites for hydroxylation is 2. The van der Waals surface area contributed by atoms with Crippen molar-refractivity contribution in [3.05, 3.63) is 11.4 Å². The first kappa shape index (κ1) is 15.0. The normalized spacial score (nSPS) is 19.0. The fraction of sp³-hybridized carbons (Fsp3) is 0.714. The molecule has 6 heteroatoms. The molecule has 6 nitrogen and oxygen atoms in total. The smallest absolute Gasteiger partial charge is 0.238 e. The van der Waals surface area contributed by atoms with Gasteiger partial charge in [-0.1, -0.05) is 0 Å². The SMILES string of the molecule is Cc1n[nH]c(C)c1NC(=O)CN1CCC(C(C)N)CC1. The Balaban J connectivity index is 1.81. The van der Waals surface area contributed by atoms with Crippen LogP contribution in [0.3, 0.4) is 0 Å². The summed E-state index contributed by atoms with van der Waals surface area (Å²) in [5.74, 6) is 0.615. The van der Waals surface area contributed by atoms with E-state index in [4.69, 9.17) is 5.73 Å². The highest BCUT2D eigenvalue weighted by atomic mass is 16.2. The Bertz CT molecular complexity index is 441. The Morgan fingerprint density at radius 2 is 2.15 bits per heavy atom. The molecule has 112 valence electrons. The highest BCUT2D eigenvalue weighted by Crippen LogP contribution is 2.20. The summed E-state index contributed by atoms with van der Waals surface area (Å²) in [5, 5.41) is 9.89. The second kappa shape index (κ2) is 6.37. The quantitative estimate of drug-likeness (QED) is 0.768. The van der Waals surface area contributed by atoms with E-state index >= 15 is 0 Å². The number of carbonyl (C=O) groups excluding carboxylic acids is 1. The van der Waals surface area contributed by atoms with Crippen molar-refractivity contribution in [2.24, 2.45) is 11.7 Å². The fourth-order valence-corrected chi connectivity index (χ4v) is 2.75. The van der Waals surface area contributed by atoms with Gasteiger partial charge in [0, 0.05) is 6.04 Å². The van der Waals surface area contributed by atoms with Crippen LogP contribution in [0.2, 0.25) is 0 Å². The zero-order chi connectivity index (χ0) is 14.7. The first-order valence-electron chi connectivity index (χ1n) is 7.26. The summed E-state index contributed by atoms with van der Waals surface area (Å²) in [5.41, 5.74) is 8.46. The fourth-order valence-electron chi connectivity index (χ4n) is 2.75. The maximum Gasteiger partial charge on any atom is 0.238 e. The summed E-state index contributed by atoms with van der Waals surface area (Å²) in [4.78, 5) is 14.3. The molecule has 0 aliphatic carbocycles. The van der Waals surface area contributed by atoms with Crippen LogP contribution in [0.5, 0.6) is 0 Å². The highest BCUT2D eigenvalue weighted by Gasteiger charge is 2.23. The van der Waals surface area contributed by atoms with Crippen LogP contribution in [0.15, 0.2) is 0 Å². The van der Waals surface area contributed by atoms with Crippen LogP contribution in [-0.2, 0) is 4.79 Å². The zero-order valence-corrected chi connectivity index (χ0v) is 12.6. The standard InChI is InChI=1S/C14H25N5O/c1-9(15)12-4-6-19(7-5-12)8-13(20)16-14-10(2)17-18-11(14)3/h9,12H,4-8,15H2,1-3H3,(H,16,20)(H,17,18). The van der Waals surface area contributed by atoms with Crippen LogP contribution in [0.4, 0.5) is 5.69 Å². The van der Waals surface area contributed by atoms with Crippen LogP contribution in [0.1, 0.15) is 31.2 Å². The molecule has 0 radical (unpaired) electrons. The number of aromatic nitrogens is 2. The van der Waals surface area contributed by atoms with Gasteiger partial charge in [0.15, 0.2) is 0 Å². The summed E-state index contributed by atoms with van der Waals surface area (Å²) in [6, 6.07) is 0.252. The zero-order valence-electron chi connectivity index (χ0n) is 12.6. The molecule has 1 aromatic rings. The molecule has 1 aromatic heterocycles. The van der Waals surface area contributed by atoms with Crippen LogP contribution in [0.25, 0.3) is 0 Å². The molecule has 0 spiro atoms. The van der Waals surface area contributed by atoms with E-state index in [-0.39, 0.29) is 11.9 Å². The number of amides is 1. The predicted octanol–water partition coefficient (Wildman–Crippen LogP) is 1.02. The number of piperidine rings is 1. The second-order valence-corrected chi connectivity index (χ2v) is 5.83. The number of nitrogens with two attached hydrogens (primary N) is 1. The Morgan fingerprint density at radius 1 is 1.50 bits per heavy atom. The van der Waals surface area contributed by atoms with Crippen LogP contribution in [-0.4, -0.2) is 46.7 Å². The van der Waals surface area contributed by atoms with E-state index in [9.17, 15) is 4.79 Å². The van der Waals surface area contributed by atoms with E-state index in [1.807, 2.05) is 13.8 Å². The molecule has 1 fully saturated rings. The van der Waals surface area contributed by atoms with Crippen LogP contribution < -0.4 is 11.1 Å². The lowest BCUT2D eigenvalue weighted by atomic mass is 9.91. The summed E-state index contributed by atoms with van der Waals surface area (Å²) in [6.45, 7) is 8.19. The number of rotatable bonds is 4. The highest BCUT2D eigenvalue weighted by molar-refractivity contribution is 5.93. The van der Waals surface area contributed by atoms with Crippen molar-refractivity contribution in [2.75, 3.05) is 25.0 Å². The lowest BCUT2D eigenvalue weighted by molar-refractivity contribution is -0.117. The van der Waals surface area contributed by atoms with Gasteiger partial charge in [0.1, 0.15) is 0 Å². The van der Waals surface area contributed by atoms with Gasteiger partial charge in [0.2, 0.25) is 5.91 Å². The van der Waals surface area contributed by atoms with E-state index in [2.05, 4.69) is 27.3 Å². The molecule has 1 aliphatic heterocycles. The number of carbonyl (C=O) groups is 1. The molecule has 0 aromatic carbocycles. The van der Waals surface area contributed by atoms with Gasteiger partial charge in [0.25, 0.3) is 0 Å². The van der Waals surface area contributed by atoms with Gasteiger partial charge < -0.3 is 11.1 Å². The number of H-pyrrole nitrogens is 1. The van der Waals surface area contributed by atoms with Crippen molar-refractivity contribution in [2.45, 2.75) is 39.7 Å². The summed E-state index contributed by atoms with van der Waals surface area (Å²) in [6.07, 6.45) is 2.16. The average Bonchev–Trinajstić information content (AvgIpc) is 2.71. The summed E-state index contributed by atoms with van der Waals surface area (Å²) >= 11 is 0. The first-order chi connectivity index (χ1) is 9.47. The van der Waals surface area contributed by atoms with E-state index in [0.29, 0.717) is 12.5 Å². The molecule has 1 atom stereocenters. The van der Waals surface area contributed by atoms with Crippen LogP contribution >= 0.6 is 0 Å². The van der Waals surface area contributed by atoms with Gasteiger partial charge in [-0.15, -0.1) is 0 Å². The van der Waals surface area contributed by atoms with E-state index in [1.54, 1.807) is 0 Å². The Hall–Kier alpha value is -1.40. The van der Waals surface area contributed by atoms with E-state index in [0.717, 1.165) is 43.0 Å². The molecule has 1 aliphatic rings. The largest absolute Gasteiger partial charge is 0.328 e. The number of likely N-dealkylation sites (tertiary alicyclic amines) is 1. The third-order valence-electron chi connectivity index (χ3n) is 4.14. The molecule has 1 saturated heterocycles. The Labute approximate surface area is 120 Å². The molecule has 2 rings (SSSR count). The maximum absolute atomic E-state index is 12.1. The molecule has 4 N–H and O–H groups in total. The molecule has 1 unspecified atom stereocenters. The van der Waals surface area contributed by atoms with Gasteiger partial charge in [0.05, 0.1) is 23.6 Å². The van der Waals surface area contributed by atoms with Crippen molar-refractivity contribution < 1.29 is 4.79 Å². The van der Waals surface area contributed by atoms with Crippen molar-refractivity contribution in [3.63, 3.8) is 0 Å². The minimum atomic E-state index is 0.0249. The number of hydrogen-bond acceptors (Lipinski definition) is 4. The number of nitrogens with zero attached hydrogens (tertiary/aromatic N) is 2. The topological polar surface area (TPSA) is 87.0 Å². The lowest BCUT2D eigenvalue weighted by Gasteiger charge is -2.33. The number of hydrogen-bond donors (Lipinski definition) is 3.